The predicted molar refractivity (Wildman–Crippen MR) is 106 cm³/mol. The quantitative estimate of drug-likeness (QED) is 0.886. The van der Waals surface area contributed by atoms with Crippen LogP contribution in [-0.4, -0.2) is 47.8 Å². The number of rotatable bonds is 5. The molecule has 0 atom stereocenters. The van der Waals surface area contributed by atoms with Crippen molar-refractivity contribution in [3.63, 3.8) is 0 Å². The second kappa shape index (κ2) is 8.82. The Bertz CT molecular complexity index is 793. The fourth-order valence-electron chi connectivity index (χ4n) is 3.35. The first kappa shape index (κ1) is 19.1. The predicted octanol–water partition coefficient (Wildman–Crippen LogP) is 2.59. The molecule has 0 spiro atoms. The molecule has 1 heterocycles. The summed E-state index contributed by atoms with van der Waals surface area (Å²) in [7, 11) is 0. The summed E-state index contributed by atoms with van der Waals surface area (Å²) in [5.41, 5.74) is 4.30. The second-order valence-corrected chi connectivity index (χ2v) is 7.16. The zero-order valence-corrected chi connectivity index (χ0v) is 16.1. The molecular formula is C22H27N3O2. The molecule has 27 heavy (non-hydrogen) atoms. The molecule has 2 aromatic rings. The van der Waals surface area contributed by atoms with Gasteiger partial charge < -0.3 is 10.2 Å². The molecule has 5 heteroatoms. The number of hydrogen-bond acceptors (Lipinski definition) is 3. The van der Waals surface area contributed by atoms with Gasteiger partial charge in [0.05, 0.1) is 0 Å². The largest absolute Gasteiger partial charge is 0.352 e. The normalized spacial score (nSPS) is 14.8. The van der Waals surface area contributed by atoms with Gasteiger partial charge in [0.2, 0.25) is 5.91 Å². The summed E-state index contributed by atoms with van der Waals surface area (Å²) in [4.78, 5) is 28.0. The van der Waals surface area contributed by atoms with E-state index in [1.54, 1.807) is 0 Å². The van der Waals surface area contributed by atoms with Crippen molar-refractivity contribution in [1.29, 1.82) is 0 Å². The Morgan fingerprint density at radius 1 is 0.963 bits per heavy atom. The van der Waals surface area contributed by atoms with E-state index in [1.807, 2.05) is 29.2 Å². The van der Waals surface area contributed by atoms with Crippen molar-refractivity contribution < 1.29 is 9.59 Å². The monoisotopic (exact) mass is 365 g/mol. The Morgan fingerprint density at radius 3 is 2.30 bits per heavy atom. The third-order valence-corrected chi connectivity index (χ3v) is 4.89. The summed E-state index contributed by atoms with van der Waals surface area (Å²) in [6, 6.07) is 16.1. The van der Waals surface area contributed by atoms with Crippen molar-refractivity contribution in [2.45, 2.75) is 26.9 Å². The van der Waals surface area contributed by atoms with E-state index in [9.17, 15) is 9.59 Å². The Hall–Kier alpha value is -2.66. The van der Waals surface area contributed by atoms with E-state index in [2.05, 4.69) is 41.4 Å². The molecule has 0 aliphatic carbocycles. The molecule has 0 radical (unpaired) electrons. The Kier molecular flexibility index (Phi) is 6.24. The molecule has 2 amide bonds. The van der Waals surface area contributed by atoms with Crippen molar-refractivity contribution in [3.05, 3.63) is 70.8 Å². The van der Waals surface area contributed by atoms with E-state index in [-0.39, 0.29) is 11.8 Å². The zero-order chi connectivity index (χ0) is 19.2. The van der Waals surface area contributed by atoms with Crippen LogP contribution in [-0.2, 0) is 17.9 Å². The van der Waals surface area contributed by atoms with Crippen LogP contribution >= 0.6 is 0 Å². The highest BCUT2D eigenvalue weighted by Gasteiger charge is 2.22. The van der Waals surface area contributed by atoms with Gasteiger partial charge in [0.1, 0.15) is 0 Å². The maximum absolute atomic E-state index is 12.7. The van der Waals surface area contributed by atoms with E-state index >= 15 is 0 Å². The number of amides is 2. The molecule has 1 saturated heterocycles. The first-order valence-electron chi connectivity index (χ1n) is 9.42. The Labute approximate surface area is 161 Å². The minimum Gasteiger partial charge on any atom is -0.352 e. The van der Waals surface area contributed by atoms with Crippen LogP contribution in [0, 0.1) is 6.92 Å². The lowest BCUT2D eigenvalue weighted by molar-refractivity contribution is -0.119. The van der Waals surface area contributed by atoms with Crippen LogP contribution in [0.3, 0.4) is 0 Å². The van der Waals surface area contributed by atoms with Gasteiger partial charge in [0.25, 0.3) is 5.91 Å². The highest BCUT2D eigenvalue weighted by molar-refractivity contribution is 5.94. The summed E-state index contributed by atoms with van der Waals surface area (Å²) in [6.45, 7) is 8.30. The zero-order valence-electron chi connectivity index (χ0n) is 16.1. The fraction of sp³-hybridized carbons (Fsp3) is 0.364. The summed E-state index contributed by atoms with van der Waals surface area (Å²) in [5.74, 6) is 0.0231. The summed E-state index contributed by atoms with van der Waals surface area (Å²) < 4.78 is 0. The van der Waals surface area contributed by atoms with Crippen molar-refractivity contribution in [3.8, 4) is 0 Å². The van der Waals surface area contributed by atoms with Gasteiger partial charge in [0.15, 0.2) is 0 Å². The second-order valence-electron chi connectivity index (χ2n) is 7.16. The molecule has 0 saturated carbocycles. The van der Waals surface area contributed by atoms with E-state index < -0.39 is 0 Å². The maximum Gasteiger partial charge on any atom is 0.253 e. The van der Waals surface area contributed by atoms with Gasteiger partial charge in [-0.05, 0) is 30.2 Å². The molecule has 0 bridgehead atoms. The molecule has 1 N–H and O–H groups in total. The van der Waals surface area contributed by atoms with Crippen LogP contribution in [0.4, 0.5) is 0 Å². The third-order valence-electron chi connectivity index (χ3n) is 4.89. The topological polar surface area (TPSA) is 52.7 Å². The van der Waals surface area contributed by atoms with Gasteiger partial charge in [-0.15, -0.1) is 0 Å². The van der Waals surface area contributed by atoms with Gasteiger partial charge in [0, 0.05) is 51.8 Å². The number of nitrogens with zero attached hydrogens (tertiary/aromatic N) is 2. The van der Waals surface area contributed by atoms with Crippen LogP contribution in [0.2, 0.25) is 0 Å². The van der Waals surface area contributed by atoms with Crippen LogP contribution in [0.15, 0.2) is 48.5 Å². The smallest absolute Gasteiger partial charge is 0.253 e. The Balaban J connectivity index is 1.51. The van der Waals surface area contributed by atoms with Crippen LogP contribution in [0.25, 0.3) is 0 Å². The van der Waals surface area contributed by atoms with E-state index in [0.29, 0.717) is 12.1 Å². The number of carbonyl (C=O) groups excluding carboxylic acids is 2. The molecule has 2 aromatic carbocycles. The van der Waals surface area contributed by atoms with Crippen LogP contribution in [0.5, 0.6) is 0 Å². The van der Waals surface area contributed by atoms with E-state index in [4.69, 9.17) is 0 Å². The minimum atomic E-state index is -0.0568. The minimum absolute atomic E-state index is 0.0568. The van der Waals surface area contributed by atoms with Crippen molar-refractivity contribution in [2.24, 2.45) is 0 Å². The van der Waals surface area contributed by atoms with Gasteiger partial charge >= 0.3 is 0 Å². The first-order valence-corrected chi connectivity index (χ1v) is 9.42. The summed E-state index contributed by atoms with van der Waals surface area (Å²) in [6.07, 6.45) is 0. The number of aryl methyl sites for hydroxylation is 1. The lowest BCUT2D eigenvalue weighted by atomic mass is 10.1. The molecular weight excluding hydrogens is 338 g/mol. The summed E-state index contributed by atoms with van der Waals surface area (Å²) >= 11 is 0. The van der Waals surface area contributed by atoms with Crippen molar-refractivity contribution >= 4 is 11.8 Å². The molecule has 1 aliphatic rings. The van der Waals surface area contributed by atoms with Crippen LogP contribution < -0.4 is 5.32 Å². The molecule has 0 aromatic heterocycles. The standard InChI is InChI=1S/C22H27N3O2/c1-17-4-3-5-20(14-17)16-24-10-12-25(13-11-24)22(27)21-8-6-19(7-9-21)15-23-18(2)26/h3-9,14H,10-13,15-16H2,1-2H3,(H,23,26). The molecule has 3 rings (SSSR count). The first-order chi connectivity index (χ1) is 13.0. The highest BCUT2D eigenvalue weighted by atomic mass is 16.2. The molecule has 1 aliphatic heterocycles. The van der Waals surface area contributed by atoms with Crippen molar-refractivity contribution in [1.82, 2.24) is 15.1 Å². The molecule has 1 fully saturated rings. The average Bonchev–Trinajstić information content (AvgIpc) is 2.67. The molecule has 0 unspecified atom stereocenters. The molecule has 142 valence electrons. The SMILES string of the molecule is CC(=O)NCc1ccc(C(=O)N2CCN(Cc3cccc(C)c3)CC2)cc1. The maximum atomic E-state index is 12.7. The van der Waals surface area contributed by atoms with Crippen molar-refractivity contribution in [2.75, 3.05) is 26.2 Å². The number of nitrogens with one attached hydrogen (secondary N) is 1. The van der Waals surface area contributed by atoms with Gasteiger partial charge in [-0.1, -0.05) is 42.0 Å². The number of piperazine rings is 1. The molecule has 5 nitrogen and oxygen atoms in total. The van der Waals surface area contributed by atoms with E-state index in [1.165, 1.54) is 18.1 Å². The number of carbonyl (C=O) groups is 2. The van der Waals surface area contributed by atoms with Gasteiger partial charge in [-0.25, -0.2) is 0 Å². The average molecular weight is 365 g/mol. The summed E-state index contributed by atoms with van der Waals surface area (Å²) in [5, 5.41) is 2.76. The lowest BCUT2D eigenvalue weighted by Crippen LogP contribution is -2.48. The number of benzene rings is 2. The fourth-order valence-corrected chi connectivity index (χ4v) is 3.35. The van der Waals surface area contributed by atoms with E-state index in [0.717, 1.165) is 38.3 Å². The number of hydrogen-bond donors (Lipinski definition) is 1. The lowest BCUT2D eigenvalue weighted by Gasteiger charge is -2.34. The Morgan fingerprint density at radius 2 is 1.67 bits per heavy atom. The van der Waals surface area contributed by atoms with Crippen LogP contribution in [0.1, 0.15) is 34.0 Å². The van der Waals surface area contributed by atoms with Gasteiger partial charge in [-0.2, -0.15) is 0 Å². The van der Waals surface area contributed by atoms with Gasteiger partial charge in [-0.3, -0.25) is 14.5 Å². The highest BCUT2D eigenvalue weighted by Crippen LogP contribution is 2.13. The third kappa shape index (κ3) is 5.41.